The zero-order valence-electron chi connectivity index (χ0n) is 14.5. The Morgan fingerprint density at radius 2 is 2.08 bits per heavy atom. The third-order valence-electron chi connectivity index (χ3n) is 6.62. The van der Waals surface area contributed by atoms with E-state index in [2.05, 4.69) is 16.1 Å². The second-order valence-electron chi connectivity index (χ2n) is 8.02. The summed E-state index contributed by atoms with van der Waals surface area (Å²) in [7, 11) is 2.04. The number of aryl methyl sites for hydroxylation is 1. The van der Waals surface area contributed by atoms with E-state index in [1.807, 2.05) is 22.8 Å². The molecule has 1 aromatic rings. The summed E-state index contributed by atoms with van der Waals surface area (Å²) < 4.78 is 2.02. The van der Waals surface area contributed by atoms with Gasteiger partial charge < -0.3 is 10.0 Å². The van der Waals surface area contributed by atoms with E-state index in [9.17, 15) is 9.90 Å². The predicted octanol–water partition coefficient (Wildman–Crippen LogP) is 0.971. The number of piperidine rings is 1. The van der Waals surface area contributed by atoms with Crippen molar-refractivity contribution in [2.24, 2.45) is 12.5 Å². The van der Waals surface area contributed by atoms with Crippen molar-refractivity contribution in [1.82, 2.24) is 19.6 Å². The van der Waals surface area contributed by atoms with Crippen molar-refractivity contribution in [3.63, 3.8) is 0 Å². The van der Waals surface area contributed by atoms with Gasteiger partial charge in [0.15, 0.2) is 12.5 Å². The SMILES string of the molecule is Cn1nccc1C1CCN(C2CC3(CCN(C(O)C=O)C3)C2)CC1. The molecule has 3 fully saturated rings. The lowest BCUT2D eigenvalue weighted by molar-refractivity contribution is -0.123. The number of rotatable bonds is 4. The van der Waals surface area contributed by atoms with Crippen LogP contribution in [0.5, 0.6) is 0 Å². The van der Waals surface area contributed by atoms with Gasteiger partial charge in [-0.3, -0.25) is 14.4 Å². The molecule has 0 radical (unpaired) electrons. The van der Waals surface area contributed by atoms with Crippen LogP contribution >= 0.6 is 0 Å². The molecule has 1 atom stereocenters. The Morgan fingerprint density at radius 3 is 2.71 bits per heavy atom. The maximum atomic E-state index is 10.8. The van der Waals surface area contributed by atoms with E-state index in [1.165, 1.54) is 44.5 Å². The summed E-state index contributed by atoms with van der Waals surface area (Å²) >= 11 is 0. The van der Waals surface area contributed by atoms with E-state index in [0.717, 1.165) is 19.5 Å². The summed E-state index contributed by atoms with van der Waals surface area (Å²) in [4.78, 5) is 15.4. The normalized spacial score (nSPS) is 33.7. The minimum Gasteiger partial charge on any atom is -0.371 e. The molecule has 6 nitrogen and oxygen atoms in total. The van der Waals surface area contributed by atoms with Crippen molar-refractivity contribution >= 4 is 6.29 Å². The molecule has 1 aromatic heterocycles. The molecule has 24 heavy (non-hydrogen) atoms. The number of aliphatic hydroxyl groups is 1. The number of aromatic nitrogens is 2. The number of hydrogen-bond donors (Lipinski definition) is 1. The number of likely N-dealkylation sites (tertiary alicyclic amines) is 2. The molecule has 4 rings (SSSR count). The molecule has 2 saturated heterocycles. The monoisotopic (exact) mass is 332 g/mol. The molecule has 0 bridgehead atoms. The van der Waals surface area contributed by atoms with Crippen LogP contribution in [0.15, 0.2) is 12.3 Å². The Hall–Kier alpha value is -1.24. The van der Waals surface area contributed by atoms with Crippen LogP contribution in [0.25, 0.3) is 0 Å². The number of aldehydes is 1. The molecule has 0 aromatic carbocycles. The van der Waals surface area contributed by atoms with Gasteiger partial charge in [0.05, 0.1) is 0 Å². The first-order valence-electron chi connectivity index (χ1n) is 9.20. The van der Waals surface area contributed by atoms with E-state index >= 15 is 0 Å². The number of carbonyl (C=O) groups is 1. The van der Waals surface area contributed by atoms with Crippen molar-refractivity contribution in [2.45, 2.75) is 50.3 Å². The first-order chi connectivity index (χ1) is 11.6. The molecule has 3 heterocycles. The number of carbonyl (C=O) groups excluding carboxylic acids is 1. The second-order valence-corrected chi connectivity index (χ2v) is 8.02. The number of hydrogen-bond acceptors (Lipinski definition) is 5. The first kappa shape index (κ1) is 16.2. The highest BCUT2D eigenvalue weighted by atomic mass is 16.3. The van der Waals surface area contributed by atoms with E-state index < -0.39 is 6.23 Å². The summed E-state index contributed by atoms with van der Waals surface area (Å²) in [6, 6.07) is 2.86. The quantitative estimate of drug-likeness (QED) is 0.833. The third kappa shape index (κ3) is 2.80. The largest absolute Gasteiger partial charge is 0.371 e. The molecule has 1 spiro atoms. The Morgan fingerprint density at radius 1 is 1.33 bits per heavy atom. The molecule has 2 aliphatic heterocycles. The van der Waals surface area contributed by atoms with Gasteiger partial charge in [0.1, 0.15) is 0 Å². The predicted molar refractivity (Wildman–Crippen MR) is 90.5 cm³/mol. The fourth-order valence-corrected chi connectivity index (χ4v) is 5.16. The molecular formula is C18H28N4O2. The van der Waals surface area contributed by atoms with Gasteiger partial charge in [0.25, 0.3) is 0 Å². The van der Waals surface area contributed by atoms with Crippen LogP contribution < -0.4 is 0 Å². The van der Waals surface area contributed by atoms with Crippen LogP contribution in [0.1, 0.15) is 43.7 Å². The fraction of sp³-hybridized carbons (Fsp3) is 0.778. The van der Waals surface area contributed by atoms with Crippen LogP contribution in [0, 0.1) is 5.41 Å². The number of aliphatic hydroxyl groups excluding tert-OH is 1. The van der Waals surface area contributed by atoms with Gasteiger partial charge in [0.2, 0.25) is 0 Å². The molecule has 1 unspecified atom stereocenters. The molecule has 0 amide bonds. The van der Waals surface area contributed by atoms with Gasteiger partial charge in [0, 0.05) is 44.0 Å². The number of nitrogens with zero attached hydrogens (tertiary/aromatic N) is 4. The van der Waals surface area contributed by atoms with Crippen LogP contribution in [-0.2, 0) is 11.8 Å². The smallest absolute Gasteiger partial charge is 0.163 e. The van der Waals surface area contributed by atoms with E-state index in [-0.39, 0.29) is 0 Å². The molecule has 1 N–H and O–H groups in total. The molecule has 132 valence electrons. The van der Waals surface area contributed by atoms with Crippen molar-refractivity contribution in [2.75, 3.05) is 26.2 Å². The molecular weight excluding hydrogens is 304 g/mol. The van der Waals surface area contributed by atoms with Gasteiger partial charge in [-0.1, -0.05) is 0 Å². The van der Waals surface area contributed by atoms with Crippen LogP contribution in [-0.4, -0.2) is 69.4 Å². The lowest BCUT2D eigenvalue weighted by atomic mass is 9.64. The van der Waals surface area contributed by atoms with E-state index in [4.69, 9.17) is 0 Å². The van der Waals surface area contributed by atoms with Crippen molar-refractivity contribution in [3.8, 4) is 0 Å². The van der Waals surface area contributed by atoms with Gasteiger partial charge in [-0.2, -0.15) is 5.10 Å². The van der Waals surface area contributed by atoms with Gasteiger partial charge in [-0.05, 0) is 56.7 Å². The van der Waals surface area contributed by atoms with E-state index in [1.54, 1.807) is 0 Å². The standard InChI is InChI=1S/C18H28N4O2/c1-20-16(2-6-19-20)14-3-7-21(8-4-14)15-10-18(11-15)5-9-22(13-18)17(24)12-23/h2,6,12,14-15,17,24H,3-5,7-11,13H2,1H3. The molecule has 1 aliphatic carbocycles. The summed E-state index contributed by atoms with van der Waals surface area (Å²) in [6.07, 6.45) is 7.67. The maximum Gasteiger partial charge on any atom is 0.163 e. The van der Waals surface area contributed by atoms with Gasteiger partial charge >= 0.3 is 0 Å². The molecule has 1 saturated carbocycles. The van der Waals surface area contributed by atoms with Gasteiger partial charge in [-0.15, -0.1) is 0 Å². The maximum absolute atomic E-state index is 10.8. The summed E-state index contributed by atoms with van der Waals surface area (Å²) in [5.74, 6) is 0.646. The lowest BCUT2D eigenvalue weighted by Crippen LogP contribution is -2.54. The molecule has 3 aliphatic rings. The molecule has 6 heteroatoms. The fourth-order valence-electron chi connectivity index (χ4n) is 5.16. The second kappa shape index (κ2) is 6.24. The topological polar surface area (TPSA) is 61.6 Å². The van der Waals surface area contributed by atoms with Crippen molar-refractivity contribution in [3.05, 3.63) is 18.0 Å². The van der Waals surface area contributed by atoms with Gasteiger partial charge in [-0.25, -0.2) is 0 Å². The third-order valence-corrected chi connectivity index (χ3v) is 6.62. The summed E-state index contributed by atoms with van der Waals surface area (Å²) in [6.45, 7) is 4.10. The first-order valence-corrected chi connectivity index (χ1v) is 9.20. The Bertz CT molecular complexity index is 588. The van der Waals surface area contributed by atoms with Crippen LogP contribution in [0.4, 0.5) is 0 Å². The van der Waals surface area contributed by atoms with Crippen LogP contribution in [0.3, 0.4) is 0 Å². The average molecular weight is 332 g/mol. The highest BCUT2D eigenvalue weighted by molar-refractivity contribution is 5.55. The zero-order chi connectivity index (χ0) is 16.7. The lowest BCUT2D eigenvalue weighted by Gasteiger charge is -2.52. The summed E-state index contributed by atoms with van der Waals surface area (Å²) in [5.41, 5.74) is 1.72. The van der Waals surface area contributed by atoms with Crippen molar-refractivity contribution in [1.29, 1.82) is 0 Å². The minimum absolute atomic E-state index is 0.355. The summed E-state index contributed by atoms with van der Waals surface area (Å²) in [5, 5.41) is 14.0. The Kier molecular flexibility index (Phi) is 4.22. The highest BCUT2D eigenvalue weighted by Gasteiger charge is 2.51. The van der Waals surface area contributed by atoms with Crippen molar-refractivity contribution < 1.29 is 9.90 Å². The van der Waals surface area contributed by atoms with E-state index in [0.29, 0.717) is 23.7 Å². The average Bonchev–Trinajstić information content (AvgIpc) is 3.19. The Labute approximate surface area is 143 Å². The van der Waals surface area contributed by atoms with Crippen LogP contribution in [0.2, 0.25) is 0 Å². The zero-order valence-corrected chi connectivity index (χ0v) is 14.5. The minimum atomic E-state index is -0.905. The Balaban J connectivity index is 1.27. The highest BCUT2D eigenvalue weighted by Crippen LogP contribution is 2.51.